The van der Waals surface area contributed by atoms with Gasteiger partial charge in [0.05, 0.1) is 11.4 Å². The molecule has 0 bridgehead atoms. The third-order valence-electron chi connectivity index (χ3n) is 3.77. The Morgan fingerprint density at radius 2 is 1.46 bits per heavy atom. The van der Waals surface area contributed by atoms with Crippen molar-refractivity contribution in [2.45, 2.75) is 0 Å². The highest BCUT2D eigenvalue weighted by atomic mass is 32.2. The minimum absolute atomic E-state index is 0.0141. The highest BCUT2D eigenvalue weighted by Gasteiger charge is 2.26. The molecular weight excluding hydrogens is 354 g/mol. The smallest absolute Gasteiger partial charge is 0.345 e. The number of aromatic nitrogens is 2. The molecular formula is C17H13N5O3S. The average Bonchev–Trinajstić information content (AvgIpc) is 2.61. The van der Waals surface area contributed by atoms with Crippen molar-refractivity contribution in [3.63, 3.8) is 0 Å². The second-order valence-electron chi connectivity index (χ2n) is 5.58. The fourth-order valence-electron chi connectivity index (χ4n) is 2.62. The third-order valence-corrected chi connectivity index (χ3v) is 4.66. The molecule has 8 nitrogen and oxygen atoms in total. The van der Waals surface area contributed by atoms with E-state index in [0.29, 0.717) is 17.0 Å². The first kappa shape index (κ1) is 16.0. The molecule has 1 aromatic heterocycles. The molecule has 0 spiro atoms. The maximum absolute atomic E-state index is 11.8. The Kier molecular flexibility index (Phi) is 3.58. The van der Waals surface area contributed by atoms with Gasteiger partial charge in [0.1, 0.15) is 5.75 Å². The lowest BCUT2D eigenvalue weighted by molar-refractivity contribution is 0.475. The molecule has 2 aromatic carbocycles. The van der Waals surface area contributed by atoms with Crippen molar-refractivity contribution in [1.82, 2.24) is 9.97 Å². The highest BCUT2D eigenvalue weighted by Crippen LogP contribution is 2.33. The number of hydrogen-bond acceptors (Lipinski definition) is 6. The van der Waals surface area contributed by atoms with E-state index in [-0.39, 0.29) is 23.1 Å². The monoisotopic (exact) mass is 367 g/mol. The average molecular weight is 367 g/mol. The van der Waals surface area contributed by atoms with Crippen molar-refractivity contribution >= 4 is 21.9 Å². The normalized spacial score (nSPS) is 14.8. The number of nitrogens with zero attached hydrogens (tertiary/aromatic N) is 3. The number of fused-ring (bicyclic) bond motifs is 1. The molecule has 0 fully saturated rings. The molecule has 9 heteroatoms. The number of nitrogens with one attached hydrogen (secondary N) is 1. The zero-order valence-electron chi connectivity index (χ0n) is 13.3. The van der Waals surface area contributed by atoms with Crippen molar-refractivity contribution in [2.24, 2.45) is 10.1 Å². The predicted octanol–water partition coefficient (Wildman–Crippen LogP) is 1.89. The molecule has 3 aromatic rings. The van der Waals surface area contributed by atoms with E-state index in [1.807, 2.05) is 30.3 Å². The van der Waals surface area contributed by atoms with Gasteiger partial charge in [0, 0.05) is 11.1 Å². The van der Waals surface area contributed by atoms with Crippen molar-refractivity contribution in [3.8, 4) is 28.3 Å². The van der Waals surface area contributed by atoms with Crippen molar-refractivity contribution in [2.75, 3.05) is 4.72 Å². The van der Waals surface area contributed by atoms with Gasteiger partial charge in [-0.1, -0.05) is 30.3 Å². The van der Waals surface area contributed by atoms with Gasteiger partial charge in [-0.15, -0.1) is 4.40 Å². The number of nitrogens with two attached hydrogens (primary N) is 1. The number of amidine groups is 1. The molecule has 1 aliphatic heterocycles. The van der Waals surface area contributed by atoms with Crippen LogP contribution in [0.3, 0.4) is 0 Å². The lowest BCUT2D eigenvalue weighted by atomic mass is 10.0. The Morgan fingerprint density at radius 3 is 2.15 bits per heavy atom. The summed E-state index contributed by atoms with van der Waals surface area (Å²) in [4.78, 5) is 8.96. The van der Waals surface area contributed by atoms with Crippen LogP contribution >= 0.6 is 0 Å². The molecule has 0 amide bonds. The Balaban J connectivity index is 2.00. The summed E-state index contributed by atoms with van der Waals surface area (Å²) in [5.74, 6) is -0.0982. The Bertz CT molecular complexity index is 1130. The topological polar surface area (TPSA) is 131 Å². The van der Waals surface area contributed by atoms with Gasteiger partial charge in [-0.3, -0.25) is 0 Å². The van der Waals surface area contributed by atoms with Gasteiger partial charge in [0.2, 0.25) is 0 Å². The van der Waals surface area contributed by atoms with E-state index < -0.39 is 10.2 Å². The van der Waals surface area contributed by atoms with E-state index in [2.05, 4.69) is 19.1 Å². The predicted molar refractivity (Wildman–Crippen MR) is 97.8 cm³/mol. The molecule has 0 atom stereocenters. The lowest BCUT2D eigenvalue weighted by Crippen LogP contribution is -2.28. The van der Waals surface area contributed by atoms with Gasteiger partial charge in [0.15, 0.2) is 17.3 Å². The number of aromatic hydroxyl groups is 1. The van der Waals surface area contributed by atoms with Crippen molar-refractivity contribution in [1.29, 1.82) is 0 Å². The largest absolute Gasteiger partial charge is 0.508 e. The first-order valence-electron chi connectivity index (χ1n) is 7.58. The van der Waals surface area contributed by atoms with Crippen LogP contribution in [-0.2, 0) is 10.2 Å². The summed E-state index contributed by atoms with van der Waals surface area (Å²) in [6, 6.07) is 15.7. The van der Waals surface area contributed by atoms with E-state index in [1.165, 1.54) is 12.1 Å². The van der Waals surface area contributed by atoms with E-state index >= 15 is 0 Å². The van der Waals surface area contributed by atoms with Crippen molar-refractivity contribution < 1.29 is 13.5 Å². The van der Waals surface area contributed by atoms with Gasteiger partial charge >= 0.3 is 10.2 Å². The van der Waals surface area contributed by atoms with E-state index in [4.69, 9.17) is 5.73 Å². The molecule has 4 N–H and O–H groups in total. The number of hydrogen-bond donors (Lipinski definition) is 3. The number of rotatable bonds is 2. The summed E-state index contributed by atoms with van der Waals surface area (Å²) < 4.78 is 29.3. The van der Waals surface area contributed by atoms with Gasteiger partial charge in [-0.2, -0.15) is 8.42 Å². The minimum atomic E-state index is -3.96. The van der Waals surface area contributed by atoms with Crippen LogP contribution in [0.2, 0.25) is 0 Å². The maximum atomic E-state index is 11.8. The third kappa shape index (κ3) is 2.84. The second-order valence-corrected chi connectivity index (χ2v) is 6.92. The lowest BCUT2D eigenvalue weighted by Gasteiger charge is -2.18. The van der Waals surface area contributed by atoms with Crippen LogP contribution in [0.1, 0.15) is 5.69 Å². The van der Waals surface area contributed by atoms with E-state index in [1.54, 1.807) is 12.1 Å². The van der Waals surface area contributed by atoms with Gasteiger partial charge in [-0.05, 0) is 24.3 Å². The molecule has 2 heterocycles. The molecule has 26 heavy (non-hydrogen) atoms. The van der Waals surface area contributed by atoms with E-state index in [9.17, 15) is 13.5 Å². The first-order valence-corrected chi connectivity index (χ1v) is 9.02. The molecule has 0 radical (unpaired) electrons. The summed E-state index contributed by atoms with van der Waals surface area (Å²) in [5, 5.41) is 9.53. The molecule has 0 unspecified atom stereocenters. The molecule has 1 aliphatic rings. The van der Waals surface area contributed by atoms with E-state index in [0.717, 1.165) is 5.56 Å². The number of benzene rings is 2. The van der Waals surface area contributed by atoms with Crippen LogP contribution in [0.15, 0.2) is 59.0 Å². The summed E-state index contributed by atoms with van der Waals surface area (Å²) >= 11 is 0. The fourth-order valence-corrected chi connectivity index (χ4v) is 3.40. The molecule has 130 valence electrons. The zero-order valence-corrected chi connectivity index (χ0v) is 14.1. The maximum Gasteiger partial charge on any atom is 0.345 e. The van der Waals surface area contributed by atoms with Crippen LogP contribution in [0.5, 0.6) is 5.75 Å². The van der Waals surface area contributed by atoms with Gasteiger partial charge < -0.3 is 10.8 Å². The molecule has 0 saturated carbocycles. The number of anilines is 1. The van der Waals surface area contributed by atoms with Gasteiger partial charge in [0.25, 0.3) is 0 Å². The van der Waals surface area contributed by atoms with Crippen LogP contribution in [0, 0.1) is 0 Å². The Hall–Kier alpha value is -3.46. The van der Waals surface area contributed by atoms with Crippen LogP contribution in [-0.4, -0.2) is 29.3 Å². The van der Waals surface area contributed by atoms with Crippen LogP contribution in [0.4, 0.5) is 5.82 Å². The van der Waals surface area contributed by atoms with Gasteiger partial charge in [-0.25, -0.2) is 14.7 Å². The molecule has 4 rings (SSSR count). The summed E-state index contributed by atoms with van der Waals surface area (Å²) in [5.41, 5.74) is 8.36. The Morgan fingerprint density at radius 1 is 0.846 bits per heavy atom. The first-order chi connectivity index (χ1) is 12.4. The highest BCUT2D eigenvalue weighted by molar-refractivity contribution is 7.91. The number of phenols is 1. The van der Waals surface area contributed by atoms with Crippen molar-refractivity contribution in [3.05, 3.63) is 60.3 Å². The quantitative estimate of drug-likeness (QED) is 0.634. The number of phenolic OH excluding ortho intramolecular Hbond substituents is 1. The Labute approximate surface area is 149 Å². The fraction of sp³-hybridized carbons (Fsp3) is 0. The SMILES string of the molecule is NC1=NS(=O)(=O)Nc2nc(-c3ccc(O)cc3)c(-c3ccccc3)nc21. The van der Waals surface area contributed by atoms with Crippen LogP contribution in [0.25, 0.3) is 22.5 Å². The summed E-state index contributed by atoms with van der Waals surface area (Å²) in [7, 11) is -3.96. The van der Waals surface area contributed by atoms with Crippen LogP contribution < -0.4 is 10.5 Å². The summed E-state index contributed by atoms with van der Waals surface area (Å²) in [6.45, 7) is 0. The molecule has 0 saturated heterocycles. The standard InChI is InChI=1S/C17H13N5O3S/c18-16-15-17(22-26(24,25)21-16)20-14(11-6-8-12(23)9-7-11)13(19-15)10-4-2-1-3-5-10/h1-9,23H,(H2,18,21)(H,20,22). The summed E-state index contributed by atoms with van der Waals surface area (Å²) in [6.07, 6.45) is 0. The molecule has 0 aliphatic carbocycles. The second kappa shape index (κ2) is 5.81. The zero-order chi connectivity index (χ0) is 18.3. The minimum Gasteiger partial charge on any atom is -0.508 e.